The number of aliphatic carboxylic acids is 1. The number of hydrazine groups is 1. The quantitative estimate of drug-likeness (QED) is 0.822. The Balaban J connectivity index is 1.66. The Morgan fingerprint density at radius 2 is 2.08 bits per heavy atom. The van der Waals surface area contributed by atoms with Gasteiger partial charge in [-0.05, 0) is 31.0 Å². The highest BCUT2D eigenvalue weighted by molar-refractivity contribution is 5.84. The molecule has 1 amide bonds. The molecule has 128 valence electrons. The Labute approximate surface area is 140 Å². The maximum atomic E-state index is 12.5. The van der Waals surface area contributed by atoms with Gasteiger partial charge in [-0.15, -0.1) is 0 Å². The van der Waals surface area contributed by atoms with Gasteiger partial charge in [0.25, 0.3) is 5.91 Å². The Bertz CT molecular complexity index is 644. The minimum Gasteiger partial charge on any atom is -0.494 e. The van der Waals surface area contributed by atoms with Crippen LogP contribution in [0.5, 0.6) is 5.75 Å². The first kappa shape index (κ1) is 16.3. The van der Waals surface area contributed by atoms with Gasteiger partial charge in [0.05, 0.1) is 19.1 Å². The molecule has 2 aliphatic rings. The van der Waals surface area contributed by atoms with E-state index in [9.17, 15) is 9.59 Å². The van der Waals surface area contributed by atoms with Crippen LogP contribution in [0.25, 0.3) is 0 Å². The SMILES string of the molecule is CCOc1ccc(C2CC3C(=O)N(CCC(=O)O)C=CN3N2)cc1. The van der Waals surface area contributed by atoms with Gasteiger partial charge in [0.1, 0.15) is 11.8 Å². The molecule has 0 aliphatic carbocycles. The summed E-state index contributed by atoms with van der Waals surface area (Å²) >= 11 is 0. The molecule has 1 aromatic rings. The number of carbonyl (C=O) groups excluding carboxylic acids is 1. The Morgan fingerprint density at radius 3 is 2.75 bits per heavy atom. The number of rotatable bonds is 6. The van der Waals surface area contributed by atoms with Gasteiger partial charge in [0.15, 0.2) is 0 Å². The molecule has 7 nitrogen and oxygen atoms in total. The fourth-order valence-electron chi connectivity index (χ4n) is 3.02. The molecule has 24 heavy (non-hydrogen) atoms. The molecule has 0 aromatic heterocycles. The zero-order chi connectivity index (χ0) is 17.1. The molecule has 1 saturated heterocycles. The highest BCUT2D eigenvalue weighted by Gasteiger charge is 2.39. The van der Waals surface area contributed by atoms with Gasteiger partial charge in [-0.1, -0.05) is 12.1 Å². The van der Waals surface area contributed by atoms with Crippen molar-refractivity contribution in [3.05, 3.63) is 42.2 Å². The fraction of sp³-hybridized carbons (Fsp3) is 0.412. The van der Waals surface area contributed by atoms with Crippen LogP contribution >= 0.6 is 0 Å². The number of carboxylic acid groups (broad SMARTS) is 1. The molecule has 1 fully saturated rings. The predicted octanol–water partition coefficient (Wildman–Crippen LogP) is 1.49. The van der Waals surface area contributed by atoms with Gasteiger partial charge in [0.2, 0.25) is 0 Å². The van der Waals surface area contributed by atoms with E-state index in [1.165, 1.54) is 4.90 Å². The number of nitrogens with one attached hydrogen (secondary N) is 1. The second-order valence-electron chi connectivity index (χ2n) is 5.82. The molecule has 2 unspecified atom stereocenters. The number of benzene rings is 1. The minimum atomic E-state index is -0.907. The average molecular weight is 331 g/mol. The van der Waals surface area contributed by atoms with Gasteiger partial charge >= 0.3 is 5.97 Å². The summed E-state index contributed by atoms with van der Waals surface area (Å²) in [4.78, 5) is 24.7. The maximum absolute atomic E-state index is 12.5. The van der Waals surface area contributed by atoms with Crippen LogP contribution < -0.4 is 10.2 Å². The van der Waals surface area contributed by atoms with Crippen molar-refractivity contribution in [2.75, 3.05) is 13.2 Å². The molecule has 0 spiro atoms. The Morgan fingerprint density at radius 1 is 1.33 bits per heavy atom. The molecule has 2 atom stereocenters. The van der Waals surface area contributed by atoms with E-state index in [0.29, 0.717) is 13.0 Å². The van der Waals surface area contributed by atoms with E-state index >= 15 is 0 Å². The minimum absolute atomic E-state index is 0.0405. The lowest BCUT2D eigenvalue weighted by Gasteiger charge is -2.31. The molecular formula is C17H21N3O4. The van der Waals surface area contributed by atoms with Gasteiger partial charge in [-0.2, -0.15) is 0 Å². The van der Waals surface area contributed by atoms with Crippen LogP contribution in [0.15, 0.2) is 36.7 Å². The number of amides is 1. The first-order valence-electron chi connectivity index (χ1n) is 8.06. The maximum Gasteiger partial charge on any atom is 0.305 e. The second kappa shape index (κ2) is 6.92. The number of nitrogens with zero attached hydrogens (tertiary/aromatic N) is 2. The topological polar surface area (TPSA) is 82.1 Å². The van der Waals surface area contributed by atoms with E-state index in [0.717, 1.165) is 11.3 Å². The first-order valence-corrected chi connectivity index (χ1v) is 8.06. The first-order chi connectivity index (χ1) is 11.6. The van der Waals surface area contributed by atoms with Crippen molar-refractivity contribution in [2.24, 2.45) is 0 Å². The summed E-state index contributed by atoms with van der Waals surface area (Å²) < 4.78 is 5.44. The van der Waals surface area contributed by atoms with E-state index < -0.39 is 5.97 Å². The number of hydrogen-bond acceptors (Lipinski definition) is 5. The molecule has 0 saturated carbocycles. The third-order valence-corrected chi connectivity index (χ3v) is 4.24. The normalized spacial score (nSPS) is 22.6. The van der Waals surface area contributed by atoms with Gasteiger partial charge < -0.3 is 19.8 Å². The summed E-state index contributed by atoms with van der Waals surface area (Å²) in [7, 11) is 0. The molecule has 7 heteroatoms. The summed E-state index contributed by atoms with van der Waals surface area (Å²) in [6, 6.07) is 7.58. The second-order valence-corrected chi connectivity index (χ2v) is 5.82. The van der Waals surface area contributed by atoms with Gasteiger partial charge in [-0.25, -0.2) is 5.43 Å². The predicted molar refractivity (Wildman–Crippen MR) is 86.8 cm³/mol. The van der Waals surface area contributed by atoms with Crippen LogP contribution in [0, 0.1) is 0 Å². The number of carbonyl (C=O) groups is 2. The third kappa shape index (κ3) is 3.35. The van der Waals surface area contributed by atoms with E-state index in [1.807, 2.05) is 31.2 Å². The molecule has 3 rings (SSSR count). The summed E-state index contributed by atoms with van der Waals surface area (Å²) in [5.74, 6) is -0.150. The number of carboxylic acids is 1. The molecule has 2 N–H and O–H groups in total. The lowest BCUT2D eigenvalue weighted by molar-refractivity contribution is -0.139. The number of ether oxygens (including phenoxy) is 1. The van der Waals surface area contributed by atoms with Crippen LogP contribution in [-0.2, 0) is 9.59 Å². The van der Waals surface area contributed by atoms with Crippen molar-refractivity contribution in [3.63, 3.8) is 0 Å². The molecule has 0 radical (unpaired) electrons. The van der Waals surface area contributed by atoms with Crippen LogP contribution in [0.3, 0.4) is 0 Å². The van der Waals surface area contributed by atoms with Crippen molar-refractivity contribution in [2.45, 2.75) is 31.8 Å². The zero-order valence-electron chi connectivity index (χ0n) is 13.5. The highest BCUT2D eigenvalue weighted by atomic mass is 16.5. The molecule has 2 heterocycles. The number of hydrogen-bond donors (Lipinski definition) is 2. The fourth-order valence-corrected chi connectivity index (χ4v) is 3.02. The smallest absolute Gasteiger partial charge is 0.305 e. The molecule has 0 bridgehead atoms. The van der Waals surface area contributed by atoms with Crippen molar-refractivity contribution in [1.82, 2.24) is 15.3 Å². The van der Waals surface area contributed by atoms with E-state index in [1.54, 1.807) is 17.4 Å². The Hall–Kier alpha value is -2.54. The number of fused-ring (bicyclic) bond motifs is 1. The van der Waals surface area contributed by atoms with Crippen LogP contribution in [0.4, 0.5) is 0 Å². The summed E-state index contributed by atoms with van der Waals surface area (Å²) in [6.07, 6.45) is 4.01. The summed E-state index contributed by atoms with van der Waals surface area (Å²) in [5, 5.41) is 10.6. The van der Waals surface area contributed by atoms with Crippen LogP contribution in [0.2, 0.25) is 0 Å². The van der Waals surface area contributed by atoms with Crippen molar-refractivity contribution in [1.29, 1.82) is 0 Å². The summed E-state index contributed by atoms with van der Waals surface area (Å²) in [6.45, 7) is 2.77. The van der Waals surface area contributed by atoms with Crippen molar-refractivity contribution in [3.8, 4) is 5.75 Å². The van der Waals surface area contributed by atoms with E-state index in [-0.39, 0.29) is 31.0 Å². The van der Waals surface area contributed by atoms with Crippen LogP contribution in [0.1, 0.15) is 31.4 Å². The lowest BCUT2D eigenvalue weighted by atomic mass is 10.0. The van der Waals surface area contributed by atoms with Crippen LogP contribution in [-0.4, -0.2) is 46.1 Å². The Kier molecular flexibility index (Phi) is 4.71. The molecule has 2 aliphatic heterocycles. The summed E-state index contributed by atoms with van der Waals surface area (Å²) in [5.41, 5.74) is 4.41. The van der Waals surface area contributed by atoms with E-state index in [2.05, 4.69) is 5.43 Å². The zero-order valence-corrected chi connectivity index (χ0v) is 13.5. The molecule has 1 aromatic carbocycles. The lowest BCUT2D eigenvalue weighted by Crippen LogP contribution is -2.48. The monoisotopic (exact) mass is 331 g/mol. The van der Waals surface area contributed by atoms with Crippen molar-refractivity contribution < 1.29 is 19.4 Å². The standard InChI is InChI=1S/C17H21N3O4/c1-2-24-13-5-3-12(4-6-13)14-11-15-17(23)19(8-7-16(21)22)9-10-20(15)18-14/h3-6,9-10,14-15,18H,2,7-8,11H2,1H3,(H,21,22). The molecular weight excluding hydrogens is 310 g/mol. The van der Waals surface area contributed by atoms with E-state index in [4.69, 9.17) is 9.84 Å². The third-order valence-electron chi connectivity index (χ3n) is 4.24. The average Bonchev–Trinajstić information content (AvgIpc) is 3.00. The highest BCUT2D eigenvalue weighted by Crippen LogP contribution is 2.31. The van der Waals surface area contributed by atoms with Gasteiger partial charge in [0, 0.05) is 18.9 Å². The van der Waals surface area contributed by atoms with Crippen molar-refractivity contribution >= 4 is 11.9 Å². The largest absolute Gasteiger partial charge is 0.494 e. The van der Waals surface area contributed by atoms with Gasteiger partial charge in [-0.3, -0.25) is 9.59 Å².